The summed E-state index contributed by atoms with van der Waals surface area (Å²) in [5.41, 5.74) is 2.07. The number of nitrogens with zero attached hydrogens (tertiary/aromatic N) is 2. The summed E-state index contributed by atoms with van der Waals surface area (Å²) >= 11 is 0. The third-order valence-corrected chi connectivity index (χ3v) is 3.99. The summed E-state index contributed by atoms with van der Waals surface area (Å²) < 4.78 is 11.0. The van der Waals surface area contributed by atoms with Crippen LogP contribution in [0.15, 0.2) is 62.6 Å². The van der Waals surface area contributed by atoms with E-state index < -0.39 is 0 Å². The van der Waals surface area contributed by atoms with Crippen molar-refractivity contribution < 1.29 is 8.83 Å². The molecule has 26 heavy (non-hydrogen) atoms. The van der Waals surface area contributed by atoms with Gasteiger partial charge in [-0.1, -0.05) is 30.3 Å². The van der Waals surface area contributed by atoms with E-state index in [0.717, 1.165) is 35.7 Å². The first-order chi connectivity index (χ1) is 12.7. The van der Waals surface area contributed by atoms with Gasteiger partial charge >= 0.3 is 0 Å². The predicted molar refractivity (Wildman–Crippen MR) is 101 cm³/mol. The maximum absolute atomic E-state index is 5.62. The van der Waals surface area contributed by atoms with Crippen LogP contribution in [0.5, 0.6) is 0 Å². The molecular weight excluding hydrogens is 328 g/mol. The molecule has 3 aromatic rings. The average Bonchev–Trinajstić information content (AvgIpc) is 3.28. The van der Waals surface area contributed by atoms with Crippen LogP contribution < -0.4 is 10.6 Å². The summed E-state index contributed by atoms with van der Waals surface area (Å²) in [6.07, 6.45) is 2.47. The molecule has 0 amide bonds. The molecule has 2 N–H and O–H groups in total. The van der Waals surface area contributed by atoms with E-state index >= 15 is 0 Å². The van der Waals surface area contributed by atoms with Crippen LogP contribution in [-0.4, -0.2) is 17.5 Å². The Morgan fingerprint density at radius 2 is 1.92 bits per heavy atom. The lowest BCUT2D eigenvalue weighted by Crippen LogP contribution is -2.38. The Balaban J connectivity index is 1.59. The number of aromatic nitrogens is 1. The average molecular weight is 352 g/mol. The fourth-order valence-electron chi connectivity index (χ4n) is 2.46. The highest BCUT2D eigenvalue weighted by atomic mass is 16.4. The molecule has 1 aromatic carbocycles. The second-order valence-corrected chi connectivity index (χ2v) is 6.01. The molecule has 6 nitrogen and oxygen atoms in total. The Bertz CT molecular complexity index is 803. The van der Waals surface area contributed by atoms with E-state index in [4.69, 9.17) is 8.83 Å². The van der Waals surface area contributed by atoms with E-state index in [-0.39, 0.29) is 0 Å². The van der Waals surface area contributed by atoms with Gasteiger partial charge in [0.2, 0.25) is 5.89 Å². The quantitative estimate of drug-likeness (QED) is 0.504. The predicted octanol–water partition coefficient (Wildman–Crippen LogP) is 3.36. The molecule has 2 heterocycles. The number of hydrogen-bond donors (Lipinski definition) is 2. The normalized spacial score (nSPS) is 11.5. The van der Waals surface area contributed by atoms with E-state index in [1.165, 1.54) is 0 Å². The number of aliphatic imine (C=N–C) groups is 1. The van der Waals surface area contributed by atoms with E-state index in [9.17, 15) is 0 Å². The third-order valence-electron chi connectivity index (χ3n) is 3.99. The molecule has 0 atom stereocenters. The van der Waals surface area contributed by atoms with Crippen molar-refractivity contribution in [2.24, 2.45) is 4.99 Å². The summed E-state index contributed by atoms with van der Waals surface area (Å²) in [7, 11) is 0. The first-order valence-electron chi connectivity index (χ1n) is 8.72. The van der Waals surface area contributed by atoms with Crippen LogP contribution in [-0.2, 0) is 19.5 Å². The highest BCUT2D eigenvalue weighted by Crippen LogP contribution is 2.08. The van der Waals surface area contributed by atoms with Crippen LogP contribution >= 0.6 is 0 Å². The number of hydrogen-bond acceptors (Lipinski definition) is 4. The number of aryl methyl sites for hydroxylation is 2. The van der Waals surface area contributed by atoms with Gasteiger partial charge in [-0.3, -0.25) is 0 Å². The van der Waals surface area contributed by atoms with Crippen molar-refractivity contribution in [1.29, 1.82) is 0 Å². The van der Waals surface area contributed by atoms with Crippen molar-refractivity contribution in [1.82, 2.24) is 15.6 Å². The Kier molecular flexibility index (Phi) is 6.09. The van der Waals surface area contributed by atoms with Crippen molar-refractivity contribution in [3.8, 4) is 0 Å². The number of nitrogens with one attached hydrogen (secondary N) is 2. The molecule has 0 unspecified atom stereocenters. The van der Waals surface area contributed by atoms with Gasteiger partial charge in [0, 0.05) is 13.0 Å². The monoisotopic (exact) mass is 352 g/mol. The Hall–Kier alpha value is -3.02. The first-order valence-corrected chi connectivity index (χ1v) is 8.72. The lowest BCUT2D eigenvalue weighted by Gasteiger charge is -2.11. The molecule has 6 heteroatoms. The molecule has 0 spiro atoms. The molecule has 0 saturated carbocycles. The minimum absolute atomic E-state index is 0.482. The van der Waals surface area contributed by atoms with Gasteiger partial charge in [-0.25, -0.2) is 9.98 Å². The molecule has 0 aliphatic heterocycles. The van der Waals surface area contributed by atoms with E-state index in [1.807, 2.05) is 44.2 Å². The summed E-state index contributed by atoms with van der Waals surface area (Å²) in [4.78, 5) is 9.05. The van der Waals surface area contributed by atoms with E-state index in [2.05, 4.69) is 32.7 Å². The van der Waals surface area contributed by atoms with Gasteiger partial charge < -0.3 is 19.5 Å². The Morgan fingerprint density at radius 3 is 2.62 bits per heavy atom. The van der Waals surface area contributed by atoms with Gasteiger partial charge in [0.15, 0.2) is 5.96 Å². The number of oxazole rings is 1. The highest BCUT2D eigenvalue weighted by molar-refractivity contribution is 5.79. The fourth-order valence-corrected chi connectivity index (χ4v) is 2.46. The van der Waals surface area contributed by atoms with Crippen LogP contribution in [0, 0.1) is 13.8 Å². The van der Waals surface area contributed by atoms with Gasteiger partial charge in [-0.15, -0.1) is 0 Å². The second kappa shape index (κ2) is 8.89. The summed E-state index contributed by atoms with van der Waals surface area (Å²) in [6, 6.07) is 14.0. The number of furan rings is 1. The van der Waals surface area contributed by atoms with E-state index in [0.29, 0.717) is 24.9 Å². The Morgan fingerprint density at radius 1 is 1.08 bits per heavy atom. The van der Waals surface area contributed by atoms with Gasteiger partial charge in [0.05, 0.1) is 25.0 Å². The molecule has 0 aliphatic carbocycles. The molecule has 0 radical (unpaired) electrons. The lowest BCUT2D eigenvalue weighted by molar-refractivity contribution is 0.463. The third kappa shape index (κ3) is 5.24. The smallest absolute Gasteiger partial charge is 0.214 e. The molecule has 0 aliphatic rings. The number of guanidine groups is 1. The largest absolute Gasteiger partial charge is 0.469 e. The van der Waals surface area contributed by atoms with Crippen molar-refractivity contribution >= 4 is 5.96 Å². The molecular formula is C20H24N4O2. The van der Waals surface area contributed by atoms with Gasteiger partial charge in [0.1, 0.15) is 11.5 Å². The number of rotatable bonds is 7. The second-order valence-electron chi connectivity index (χ2n) is 6.01. The SMILES string of the molecule is Cc1nc(CNC(=NCc2ccccc2)NCCc2ccco2)oc1C. The van der Waals surface area contributed by atoms with Crippen LogP contribution in [0.2, 0.25) is 0 Å². The molecule has 2 aromatic heterocycles. The Labute approximate surface area is 153 Å². The molecule has 0 bridgehead atoms. The summed E-state index contributed by atoms with van der Waals surface area (Å²) in [6.45, 7) is 5.65. The molecule has 0 saturated heterocycles. The fraction of sp³-hybridized carbons (Fsp3) is 0.300. The first kappa shape index (κ1) is 17.8. The summed E-state index contributed by atoms with van der Waals surface area (Å²) in [5.74, 6) is 3.16. The van der Waals surface area contributed by atoms with Crippen LogP contribution in [0.4, 0.5) is 0 Å². The summed E-state index contributed by atoms with van der Waals surface area (Å²) in [5, 5.41) is 6.61. The van der Waals surface area contributed by atoms with Crippen molar-refractivity contribution in [2.45, 2.75) is 33.4 Å². The van der Waals surface area contributed by atoms with Crippen molar-refractivity contribution in [3.05, 3.63) is 77.4 Å². The molecule has 136 valence electrons. The van der Waals surface area contributed by atoms with Crippen LogP contribution in [0.25, 0.3) is 0 Å². The van der Waals surface area contributed by atoms with Crippen molar-refractivity contribution in [3.63, 3.8) is 0 Å². The zero-order chi connectivity index (χ0) is 18.2. The van der Waals surface area contributed by atoms with Gasteiger partial charge in [0.25, 0.3) is 0 Å². The van der Waals surface area contributed by atoms with Crippen LogP contribution in [0.3, 0.4) is 0 Å². The minimum atomic E-state index is 0.482. The topological polar surface area (TPSA) is 75.6 Å². The van der Waals surface area contributed by atoms with Gasteiger partial charge in [-0.2, -0.15) is 0 Å². The standard InChI is InChI=1S/C20H24N4O2/c1-15-16(2)26-19(24-15)14-23-20(21-11-10-18-9-6-12-25-18)22-13-17-7-4-3-5-8-17/h3-9,12H,10-11,13-14H2,1-2H3,(H2,21,22,23). The number of benzene rings is 1. The maximum atomic E-state index is 5.62. The highest BCUT2D eigenvalue weighted by Gasteiger charge is 2.07. The zero-order valence-electron chi connectivity index (χ0n) is 15.2. The molecule has 0 fully saturated rings. The lowest BCUT2D eigenvalue weighted by atomic mass is 10.2. The zero-order valence-corrected chi connectivity index (χ0v) is 15.2. The van der Waals surface area contributed by atoms with Gasteiger partial charge in [-0.05, 0) is 31.5 Å². The van der Waals surface area contributed by atoms with Crippen molar-refractivity contribution in [2.75, 3.05) is 6.54 Å². The molecule has 3 rings (SSSR count). The maximum Gasteiger partial charge on any atom is 0.214 e. The van der Waals surface area contributed by atoms with E-state index in [1.54, 1.807) is 6.26 Å². The van der Waals surface area contributed by atoms with Crippen LogP contribution in [0.1, 0.15) is 28.7 Å². The minimum Gasteiger partial charge on any atom is -0.469 e.